The van der Waals surface area contributed by atoms with Crippen LogP contribution in [0.4, 0.5) is 0 Å². The fraction of sp³-hybridized carbons (Fsp3) is 0.556. The van der Waals surface area contributed by atoms with Crippen molar-refractivity contribution in [2.75, 3.05) is 13.2 Å². The predicted molar refractivity (Wildman–Crippen MR) is 93.5 cm³/mol. The summed E-state index contributed by atoms with van der Waals surface area (Å²) in [5.41, 5.74) is 1.42. The molecule has 2 aliphatic rings. The Morgan fingerprint density at radius 3 is 2.12 bits per heavy atom. The molecule has 1 fully saturated rings. The molecule has 1 saturated carbocycles. The number of carbonyl (C=O) groups is 2. The zero-order valence-electron chi connectivity index (χ0n) is 14.3. The van der Waals surface area contributed by atoms with E-state index in [0.717, 1.165) is 25.7 Å². The van der Waals surface area contributed by atoms with Gasteiger partial charge >= 0.3 is 0 Å². The van der Waals surface area contributed by atoms with Gasteiger partial charge in [-0.1, -0.05) is 12.1 Å². The van der Waals surface area contributed by atoms with Gasteiger partial charge in [-0.3, -0.25) is 14.5 Å². The Balaban J connectivity index is 1.47. The van der Waals surface area contributed by atoms with Gasteiger partial charge < -0.3 is 9.53 Å². The lowest BCUT2D eigenvalue weighted by Gasteiger charge is -2.34. The van der Waals surface area contributed by atoms with Gasteiger partial charge in [-0.15, -0.1) is 0 Å². The first-order valence-corrected chi connectivity index (χ1v) is 11.7. The molecule has 1 aliphatic heterocycles. The molecule has 1 heterocycles. The van der Waals surface area contributed by atoms with Crippen molar-refractivity contribution in [3.8, 4) is 0 Å². The Morgan fingerprint density at radius 2 is 1.62 bits per heavy atom. The number of carbonyl (C=O) groups excluding carboxylic acids is 2. The molecule has 1 aromatic carbocycles. The Hall–Kier alpha value is -1.50. The summed E-state index contributed by atoms with van der Waals surface area (Å²) in [6.45, 7) is 4.68. The number of fused-ring (bicyclic) bond motifs is 1. The third-order valence-electron chi connectivity index (χ3n) is 5.22. The molecule has 1 aromatic rings. The van der Waals surface area contributed by atoms with Gasteiger partial charge in [0.15, 0.2) is 8.32 Å². The smallest absolute Gasteiger partial charge is 0.261 e. The minimum atomic E-state index is -2.05. The number of ether oxygens (including phenoxy) is 1. The third-order valence-corrected chi connectivity index (χ3v) is 7.80. The molecular formula is C18H25NO4Si. The van der Waals surface area contributed by atoms with E-state index in [4.69, 9.17) is 4.74 Å². The standard InChI is InChI=1S/C18H25NO4Si/c1-24(2,22)14-9-7-13(8-10-14)23-12-11-19-17(20)15-5-3-4-6-16(15)18(19)21/h3-6,13-14,22H,7-12H2,1-2H3. The van der Waals surface area contributed by atoms with Gasteiger partial charge in [-0.05, 0) is 56.5 Å². The monoisotopic (exact) mass is 347 g/mol. The molecule has 0 bridgehead atoms. The molecular weight excluding hydrogens is 322 g/mol. The second-order valence-corrected chi connectivity index (χ2v) is 11.4. The summed E-state index contributed by atoms with van der Waals surface area (Å²) in [4.78, 5) is 36.0. The van der Waals surface area contributed by atoms with E-state index in [1.807, 2.05) is 13.1 Å². The Bertz CT molecular complexity index is 597. The average Bonchev–Trinajstić information content (AvgIpc) is 2.80. The second-order valence-electron chi connectivity index (χ2n) is 7.31. The lowest BCUT2D eigenvalue weighted by atomic mass is 9.97. The van der Waals surface area contributed by atoms with Crippen LogP contribution in [0, 0.1) is 0 Å². The highest BCUT2D eigenvalue weighted by atomic mass is 28.4. The zero-order chi connectivity index (χ0) is 17.3. The van der Waals surface area contributed by atoms with E-state index in [-0.39, 0.29) is 17.9 Å². The van der Waals surface area contributed by atoms with Crippen molar-refractivity contribution < 1.29 is 19.1 Å². The fourth-order valence-electron chi connectivity index (χ4n) is 3.69. The van der Waals surface area contributed by atoms with Gasteiger partial charge in [-0.25, -0.2) is 0 Å². The number of rotatable bonds is 5. The molecule has 2 amide bonds. The zero-order valence-corrected chi connectivity index (χ0v) is 15.3. The summed E-state index contributed by atoms with van der Waals surface area (Å²) in [6, 6.07) is 6.93. The summed E-state index contributed by atoms with van der Waals surface area (Å²) in [5.74, 6) is -0.452. The number of imide groups is 1. The highest BCUT2D eigenvalue weighted by Gasteiger charge is 2.36. The molecule has 0 radical (unpaired) electrons. The molecule has 0 spiro atoms. The molecule has 24 heavy (non-hydrogen) atoms. The van der Waals surface area contributed by atoms with Gasteiger partial charge in [0.05, 0.1) is 30.4 Å². The van der Waals surface area contributed by atoms with Crippen molar-refractivity contribution in [3.05, 3.63) is 35.4 Å². The van der Waals surface area contributed by atoms with Crippen LogP contribution in [0.15, 0.2) is 24.3 Å². The Kier molecular flexibility index (Phi) is 4.89. The van der Waals surface area contributed by atoms with Crippen LogP contribution in [0.25, 0.3) is 0 Å². The van der Waals surface area contributed by atoms with Crippen LogP contribution < -0.4 is 0 Å². The molecule has 0 atom stereocenters. The molecule has 0 saturated heterocycles. The van der Waals surface area contributed by atoms with Crippen molar-refractivity contribution >= 4 is 20.1 Å². The van der Waals surface area contributed by atoms with Crippen LogP contribution in [0.3, 0.4) is 0 Å². The lowest BCUT2D eigenvalue weighted by Crippen LogP contribution is -2.37. The third kappa shape index (κ3) is 3.45. The van der Waals surface area contributed by atoms with Gasteiger partial charge in [0.2, 0.25) is 0 Å². The van der Waals surface area contributed by atoms with E-state index in [2.05, 4.69) is 0 Å². The van der Waals surface area contributed by atoms with Gasteiger partial charge in [-0.2, -0.15) is 0 Å². The van der Waals surface area contributed by atoms with Crippen LogP contribution in [-0.2, 0) is 4.74 Å². The number of nitrogens with zero attached hydrogens (tertiary/aromatic N) is 1. The lowest BCUT2D eigenvalue weighted by molar-refractivity contribution is 0.0160. The van der Waals surface area contributed by atoms with Crippen molar-refractivity contribution in [2.24, 2.45) is 0 Å². The minimum Gasteiger partial charge on any atom is -0.432 e. The highest BCUT2D eigenvalue weighted by Crippen LogP contribution is 2.36. The van der Waals surface area contributed by atoms with Crippen LogP contribution in [0.2, 0.25) is 18.6 Å². The first-order valence-electron chi connectivity index (χ1n) is 8.67. The van der Waals surface area contributed by atoms with Crippen LogP contribution >= 0.6 is 0 Å². The fourth-order valence-corrected chi connectivity index (χ4v) is 5.44. The van der Waals surface area contributed by atoms with E-state index in [9.17, 15) is 14.4 Å². The normalized spacial score (nSPS) is 24.4. The molecule has 6 heteroatoms. The Morgan fingerprint density at radius 1 is 1.08 bits per heavy atom. The summed E-state index contributed by atoms with van der Waals surface area (Å²) < 4.78 is 5.89. The Labute approximate surface area is 143 Å². The molecule has 0 aromatic heterocycles. The number of benzene rings is 1. The van der Waals surface area contributed by atoms with Crippen molar-refractivity contribution in [1.29, 1.82) is 0 Å². The topological polar surface area (TPSA) is 66.8 Å². The SMILES string of the molecule is C[Si](C)(O)C1CCC(OCCN2C(=O)c3ccccc3C2=O)CC1. The van der Waals surface area contributed by atoms with Crippen LogP contribution in [0.1, 0.15) is 46.4 Å². The maximum absolute atomic E-state index is 12.3. The summed E-state index contributed by atoms with van der Waals surface area (Å²) in [6.07, 6.45) is 4.08. The predicted octanol–water partition coefficient (Wildman–Crippen LogP) is 2.81. The van der Waals surface area contributed by atoms with Crippen molar-refractivity contribution in [1.82, 2.24) is 4.90 Å². The van der Waals surface area contributed by atoms with E-state index in [1.165, 1.54) is 4.90 Å². The van der Waals surface area contributed by atoms with Crippen LogP contribution in [0.5, 0.6) is 0 Å². The first-order chi connectivity index (χ1) is 11.4. The van der Waals surface area contributed by atoms with E-state index >= 15 is 0 Å². The van der Waals surface area contributed by atoms with Gasteiger partial charge in [0.25, 0.3) is 11.8 Å². The second kappa shape index (κ2) is 6.78. The highest BCUT2D eigenvalue weighted by molar-refractivity contribution is 6.71. The maximum Gasteiger partial charge on any atom is 0.261 e. The summed E-state index contributed by atoms with van der Waals surface area (Å²) >= 11 is 0. The summed E-state index contributed by atoms with van der Waals surface area (Å²) in [7, 11) is -2.05. The molecule has 0 unspecified atom stereocenters. The van der Waals surface area contributed by atoms with Gasteiger partial charge in [0, 0.05) is 0 Å². The molecule has 5 nitrogen and oxygen atoms in total. The van der Waals surface area contributed by atoms with E-state index in [1.54, 1.807) is 24.3 Å². The molecule has 3 rings (SSSR count). The summed E-state index contributed by atoms with van der Waals surface area (Å²) in [5, 5.41) is 0. The molecule has 1 N–H and O–H groups in total. The quantitative estimate of drug-likeness (QED) is 0.657. The van der Waals surface area contributed by atoms with Crippen LogP contribution in [-0.4, -0.2) is 49.1 Å². The maximum atomic E-state index is 12.3. The van der Waals surface area contributed by atoms with Crippen molar-refractivity contribution in [3.63, 3.8) is 0 Å². The first kappa shape index (κ1) is 17.3. The van der Waals surface area contributed by atoms with Gasteiger partial charge in [0.1, 0.15) is 0 Å². The molecule has 1 aliphatic carbocycles. The number of hydrogen-bond acceptors (Lipinski definition) is 4. The molecule has 130 valence electrons. The number of amides is 2. The van der Waals surface area contributed by atoms with E-state index in [0.29, 0.717) is 29.8 Å². The average molecular weight is 347 g/mol. The van der Waals surface area contributed by atoms with Crippen molar-refractivity contribution in [2.45, 2.75) is 50.4 Å². The number of hydrogen-bond donors (Lipinski definition) is 1. The minimum absolute atomic E-state index is 0.174. The largest absolute Gasteiger partial charge is 0.432 e. The van der Waals surface area contributed by atoms with E-state index < -0.39 is 8.32 Å².